The molecule has 5 fully saturated rings. The van der Waals surface area contributed by atoms with Crippen LogP contribution in [0.3, 0.4) is 0 Å². The summed E-state index contributed by atoms with van der Waals surface area (Å²) >= 11 is 0. The van der Waals surface area contributed by atoms with Crippen LogP contribution in [-0.2, 0) is 28.8 Å². The first kappa shape index (κ1) is 29.1. The molecule has 8 rings (SSSR count). The lowest BCUT2D eigenvalue weighted by molar-refractivity contribution is -0.576. The van der Waals surface area contributed by atoms with E-state index in [1.807, 2.05) is 25.1 Å². The van der Waals surface area contributed by atoms with E-state index in [0.29, 0.717) is 12.1 Å². The highest BCUT2D eigenvalue weighted by Crippen LogP contribution is 2.61. The summed E-state index contributed by atoms with van der Waals surface area (Å²) in [6.07, 6.45) is 3.38. The molecule has 0 N–H and O–H groups in total. The molecular weight excluding hydrogens is 559 g/mol. The fourth-order valence-electron chi connectivity index (χ4n) is 8.34. The molecule has 8 atom stereocenters. The number of carbonyl (C=O) groups excluding carboxylic acids is 1. The van der Waals surface area contributed by atoms with Gasteiger partial charge in [-0.15, -0.1) is 0 Å². The summed E-state index contributed by atoms with van der Waals surface area (Å²) in [5.41, 5.74) is -0.676. The Bertz CT molecular complexity index is 1320. The second kappa shape index (κ2) is 11.4. The lowest BCUT2D eigenvalue weighted by atomic mass is 9.58. The van der Waals surface area contributed by atoms with E-state index in [4.69, 9.17) is 24.0 Å². The average molecular weight is 602 g/mol. The molecule has 5 aliphatic rings. The number of rotatable bonds is 7. The van der Waals surface area contributed by atoms with Gasteiger partial charge < -0.3 is 14.2 Å². The number of ether oxygens (including phenoxy) is 3. The van der Waals surface area contributed by atoms with Gasteiger partial charge in [-0.05, 0) is 74.4 Å². The van der Waals surface area contributed by atoms with Crippen LogP contribution in [0.15, 0.2) is 91.0 Å². The highest BCUT2D eigenvalue weighted by molar-refractivity contribution is 7.95. The van der Waals surface area contributed by atoms with Crippen LogP contribution in [0.5, 0.6) is 0 Å². The van der Waals surface area contributed by atoms with E-state index in [-0.39, 0.29) is 30.1 Å². The molecule has 2 bridgehead atoms. The Morgan fingerprint density at radius 3 is 1.98 bits per heavy atom. The second-order valence-corrected chi connectivity index (χ2v) is 16.7. The maximum absolute atomic E-state index is 13.8. The highest BCUT2D eigenvalue weighted by atomic mass is 31.2. The van der Waals surface area contributed by atoms with E-state index < -0.39 is 31.2 Å². The van der Waals surface area contributed by atoms with Crippen molar-refractivity contribution in [1.29, 1.82) is 0 Å². The Morgan fingerprint density at radius 2 is 1.40 bits per heavy atom. The largest absolute Gasteiger partial charge is 0.435 e. The van der Waals surface area contributed by atoms with Gasteiger partial charge in [-0.2, -0.15) is 0 Å². The summed E-state index contributed by atoms with van der Waals surface area (Å²) in [5.74, 6) is -0.306. The number of hydrogen-bond donors (Lipinski definition) is 0. The van der Waals surface area contributed by atoms with E-state index in [1.54, 1.807) is 0 Å². The van der Waals surface area contributed by atoms with Crippen LogP contribution in [0.1, 0.15) is 52.9 Å². The molecule has 4 heterocycles. The summed E-state index contributed by atoms with van der Waals surface area (Å²) in [7, 11) is -2.15. The summed E-state index contributed by atoms with van der Waals surface area (Å²) in [5, 5.41) is 3.75. The van der Waals surface area contributed by atoms with Crippen molar-refractivity contribution >= 4 is 29.1 Å². The highest BCUT2D eigenvalue weighted by Gasteiger charge is 2.69. The first-order valence-electron chi connectivity index (χ1n) is 15.8. The minimum Gasteiger partial charge on any atom is -0.435 e. The predicted molar refractivity (Wildman–Crippen MR) is 168 cm³/mol. The number of carbonyl (C=O) groups is 1. The zero-order valence-electron chi connectivity index (χ0n) is 25.3. The molecule has 226 valence electrons. The fourth-order valence-corrected chi connectivity index (χ4v) is 12.6. The molecule has 1 spiro atoms. The molecule has 6 nitrogen and oxygen atoms in total. The zero-order chi connectivity index (χ0) is 29.7. The smallest absolute Gasteiger partial charge is 0.311 e. The molecule has 4 saturated heterocycles. The first-order valence-corrected chi connectivity index (χ1v) is 17.8. The number of hydrogen-bond acceptors (Lipinski definition) is 6. The van der Waals surface area contributed by atoms with Gasteiger partial charge in [0.15, 0.2) is 11.9 Å². The van der Waals surface area contributed by atoms with E-state index in [9.17, 15) is 4.79 Å². The maximum Gasteiger partial charge on any atom is 0.311 e. The van der Waals surface area contributed by atoms with Crippen LogP contribution in [-0.4, -0.2) is 36.1 Å². The molecule has 43 heavy (non-hydrogen) atoms. The van der Waals surface area contributed by atoms with Crippen LogP contribution in [0.2, 0.25) is 0 Å². The summed E-state index contributed by atoms with van der Waals surface area (Å²) < 4.78 is 19.3. The zero-order valence-corrected chi connectivity index (χ0v) is 26.2. The molecule has 1 saturated carbocycles. The Morgan fingerprint density at radius 1 is 0.814 bits per heavy atom. The standard InChI is InChI=1S/C36H42O6P/c1-25-19-20-31-26(2)33(39-34-36(31)30(25)21-23-35(3,40-34)41-42-36)38-32(37)22-24-43(27-13-7-4-8-14-27,28-15-9-5-10-16-28)29-17-11-6-12-18-29/h4-18,25-26,30-31,33-34H,19-24H2,1-3H3/q+1/t25-,26-,30+,31+,33-,34-,35-,36-/m1/s1. The molecule has 3 aromatic rings. The minimum atomic E-state index is -2.15. The molecule has 0 aromatic heterocycles. The van der Waals surface area contributed by atoms with Gasteiger partial charge in [0.2, 0.25) is 12.1 Å². The Kier molecular flexibility index (Phi) is 7.72. The average Bonchev–Trinajstić information content (AvgIpc) is 3.27. The lowest BCUT2D eigenvalue weighted by Gasteiger charge is -2.59. The van der Waals surface area contributed by atoms with Gasteiger partial charge in [-0.1, -0.05) is 68.4 Å². The Labute approximate surface area is 255 Å². The monoisotopic (exact) mass is 601 g/mol. The van der Waals surface area contributed by atoms with Crippen molar-refractivity contribution in [3.05, 3.63) is 91.0 Å². The summed E-state index contributed by atoms with van der Waals surface area (Å²) in [4.78, 5) is 26.0. The van der Waals surface area contributed by atoms with Crippen LogP contribution in [0.4, 0.5) is 0 Å². The van der Waals surface area contributed by atoms with Gasteiger partial charge in [0, 0.05) is 18.3 Å². The third-order valence-electron chi connectivity index (χ3n) is 10.6. The van der Waals surface area contributed by atoms with Gasteiger partial charge in [-0.25, -0.2) is 9.78 Å². The van der Waals surface area contributed by atoms with E-state index in [2.05, 4.69) is 86.6 Å². The van der Waals surface area contributed by atoms with Crippen LogP contribution < -0.4 is 15.9 Å². The summed E-state index contributed by atoms with van der Waals surface area (Å²) in [6.45, 7) is 6.34. The van der Waals surface area contributed by atoms with Crippen LogP contribution in [0.25, 0.3) is 0 Å². The van der Waals surface area contributed by atoms with Crippen LogP contribution in [0, 0.1) is 23.7 Å². The van der Waals surface area contributed by atoms with Gasteiger partial charge in [-0.3, -0.25) is 4.79 Å². The predicted octanol–water partition coefficient (Wildman–Crippen LogP) is 6.12. The van der Waals surface area contributed by atoms with E-state index in [0.717, 1.165) is 25.7 Å². The Balaban J connectivity index is 1.16. The normalized spacial score (nSPS) is 35.0. The maximum atomic E-state index is 13.8. The molecule has 0 radical (unpaired) electrons. The van der Waals surface area contributed by atoms with Gasteiger partial charge >= 0.3 is 5.97 Å². The summed E-state index contributed by atoms with van der Waals surface area (Å²) in [6, 6.07) is 31.9. The van der Waals surface area contributed by atoms with Crippen molar-refractivity contribution in [2.45, 2.75) is 76.8 Å². The topological polar surface area (TPSA) is 63.2 Å². The molecule has 7 heteroatoms. The van der Waals surface area contributed by atoms with Crippen molar-refractivity contribution in [3.63, 3.8) is 0 Å². The van der Waals surface area contributed by atoms with Crippen molar-refractivity contribution < 1.29 is 28.8 Å². The number of benzene rings is 3. The van der Waals surface area contributed by atoms with Crippen molar-refractivity contribution in [2.24, 2.45) is 23.7 Å². The van der Waals surface area contributed by atoms with Gasteiger partial charge in [0.1, 0.15) is 23.2 Å². The van der Waals surface area contributed by atoms with E-state index >= 15 is 0 Å². The van der Waals surface area contributed by atoms with Gasteiger partial charge in [0.05, 0.1) is 12.6 Å². The Hall–Kier alpha value is -2.60. The number of esters is 1. The van der Waals surface area contributed by atoms with Gasteiger partial charge in [0.25, 0.3) is 0 Å². The minimum absolute atomic E-state index is 0.0539. The SMILES string of the molecule is C[C@H]1[C@H](OC(=O)CC[P+](c2ccccc2)(c2ccccc2)c2ccccc2)O[C@@H]2O[C@@]3(C)CC[C@H]4[C@H](C)CC[C@@H]1[C@@]24OO3. The molecule has 3 aromatic carbocycles. The molecule has 1 aliphatic carbocycles. The molecule has 4 aliphatic heterocycles. The number of fused-ring (bicyclic) bond motifs is 2. The fraction of sp³-hybridized carbons (Fsp3) is 0.472. The third kappa shape index (κ3) is 4.87. The third-order valence-corrected chi connectivity index (χ3v) is 15.0. The van der Waals surface area contributed by atoms with Crippen molar-refractivity contribution in [1.82, 2.24) is 0 Å². The lowest BCUT2D eigenvalue weighted by Crippen LogP contribution is -2.70. The second-order valence-electron chi connectivity index (χ2n) is 13.1. The quantitative estimate of drug-likeness (QED) is 0.185. The van der Waals surface area contributed by atoms with Crippen molar-refractivity contribution in [2.75, 3.05) is 6.16 Å². The molecule has 0 amide bonds. The van der Waals surface area contributed by atoms with Crippen LogP contribution >= 0.6 is 7.26 Å². The molecular formula is C36H42O6P+. The molecule has 0 unspecified atom stereocenters. The first-order chi connectivity index (χ1) is 20.9. The van der Waals surface area contributed by atoms with E-state index in [1.165, 1.54) is 15.9 Å². The van der Waals surface area contributed by atoms with Crippen molar-refractivity contribution in [3.8, 4) is 0 Å².